The summed E-state index contributed by atoms with van der Waals surface area (Å²) in [4.78, 5) is 34.9. The lowest BCUT2D eigenvalue weighted by molar-refractivity contribution is -0.129. The molecule has 2 aliphatic heterocycles. The van der Waals surface area contributed by atoms with E-state index in [2.05, 4.69) is 16.0 Å². The highest BCUT2D eigenvalue weighted by Gasteiger charge is 2.25. The molecule has 0 unspecified atom stereocenters. The monoisotopic (exact) mass is 364 g/mol. The summed E-state index contributed by atoms with van der Waals surface area (Å²) in [7, 11) is 0. The lowest BCUT2D eigenvalue weighted by atomic mass is 10.0. The van der Waals surface area contributed by atoms with Gasteiger partial charge in [0.1, 0.15) is 5.69 Å². The Kier molecular flexibility index (Phi) is 4.79. The van der Waals surface area contributed by atoms with E-state index in [1.54, 1.807) is 13.1 Å². The van der Waals surface area contributed by atoms with Crippen LogP contribution in [0, 0.1) is 0 Å². The molecule has 0 spiro atoms. The van der Waals surface area contributed by atoms with Crippen LogP contribution < -0.4 is 9.80 Å². The number of carbonyl (C=O) groups is 2. The number of rotatable bonds is 2. The van der Waals surface area contributed by atoms with Crippen LogP contribution in [0.3, 0.4) is 0 Å². The molecule has 0 saturated carbocycles. The van der Waals surface area contributed by atoms with E-state index >= 15 is 0 Å². The van der Waals surface area contributed by atoms with E-state index in [1.165, 1.54) is 5.56 Å². The molecule has 0 bridgehead atoms. The molecule has 0 aliphatic carbocycles. The standard InChI is InChI=1S/C21H24N4O2/c1-16(26)23-11-13-24(14-12-23)18-8-9-22-19(15-18)21(27)25-10-4-6-17-5-2-3-7-20(17)25/h2-3,5,7-9,15H,4,6,10-14H2,1H3. The van der Waals surface area contributed by atoms with Gasteiger partial charge in [-0.15, -0.1) is 0 Å². The van der Waals surface area contributed by atoms with E-state index in [0.29, 0.717) is 18.8 Å². The Balaban J connectivity index is 1.53. The zero-order valence-corrected chi connectivity index (χ0v) is 15.6. The maximum absolute atomic E-state index is 13.1. The molecule has 2 aliphatic rings. The second-order valence-electron chi connectivity index (χ2n) is 7.08. The van der Waals surface area contributed by atoms with Gasteiger partial charge < -0.3 is 14.7 Å². The van der Waals surface area contributed by atoms with E-state index in [4.69, 9.17) is 0 Å². The van der Waals surface area contributed by atoms with Gasteiger partial charge in [-0.1, -0.05) is 18.2 Å². The summed E-state index contributed by atoms with van der Waals surface area (Å²) in [5.74, 6) is 0.0652. The molecular formula is C21H24N4O2. The fourth-order valence-electron chi connectivity index (χ4n) is 3.90. The Bertz CT molecular complexity index is 859. The molecule has 27 heavy (non-hydrogen) atoms. The molecule has 140 valence electrons. The van der Waals surface area contributed by atoms with Crippen molar-refractivity contribution in [1.82, 2.24) is 9.88 Å². The Morgan fingerprint density at radius 3 is 2.56 bits per heavy atom. The summed E-state index contributed by atoms with van der Waals surface area (Å²) in [5.41, 5.74) is 3.67. The summed E-state index contributed by atoms with van der Waals surface area (Å²) in [6.07, 6.45) is 3.68. The molecule has 6 nitrogen and oxygen atoms in total. The molecule has 1 aromatic carbocycles. The van der Waals surface area contributed by atoms with Crippen LogP contribution in [0.15, 0.2) is 42.6 Å². The molecule has 1 aromatic heterocycles. The third-order valence-corrected chi connectivity index (χ3v) is 5.41. The van der Waals surface area contributed by atoms with Crippen LogP contribution in [0.2, 0.25) is 0 Å². The first-order valence-corrected chi connectivity index (χ1v) is 9.50. The average molecular weight is 364 g/mol. The SMILES string of the molecule is CC(=O)N1CCN(c2ccnc(C(=O)N3CCCc4ccccc43)c2)CC1. The van der Waals surface area contributed by atoms with Gasteiger partial charge >= 0.3 is 0 Å². The molecule has 1 saturated heterocycles. The van der Waals surface area contributed by atoms with E-state index < -0.39 is 0 Å². The number of fused-ring (bicyclic) bond motifs is 1. The zero-order valence-electron chi connectivity index (χ0n) is 15.6. The number of nitrogens with zero attached hydrogens (tertiary/aromatic N) is 4. The van der Waals surface area contributed by atoms with Crippen LogP contribution in [0.25, 0.3) is 0 Å². The molecule has 0 atom stereocenters. The summed E-state index contributed by atoms with van der Waals surface area (Å²) in [6, 6.07) is 11.9. The number of hydrogen-bond acceptors (Lipinski definition) is 4. The molecular weight excluding hydrogens is 340 g/mol. The highest BCUT2D eigenvalue weighted by atomic mass is 16.2. The number of carbonyl (C=O) groups excluding carboxylic acids is 2. The maximum atomic E-state index is 13.1. The number of piperazine rings is 1. The lowest BCUT2D eigenvalue weighted by Crippen LogP contribution is -2.48. The summed E-state index contributed by atoms with van der Waals surface area (Å²) in [6.45, 7) is 5.28. The van der Waals surface area contributed by atoms with Crippen molar-refractivity contribution in [1.29, 1.82) is 0 Å². The number of aryl methyl sites for hydroxylation is 1. The molecule has 1 fully saturated rings. The second-order valence-corrected chi connectivity index (χ2v) is 7.08. The van der Waals surface area contributed by atoms with Crippen LogP contribution >= 0.6 is 0 Å². The van der Waals surface area contributed by atoms with Crippen molar-refractivity contribution < 1.29 is 9.59 Å². The van der Waals surface area contributed by atoms with Crippen molar-refractivity contribution >= 4 is 23.2 Å². The zero-order chi connectivity index (χ0) is 18.8. The topological polar surface area (TPSA) is 56.8 Å². The fraction of sp³-hybridized carbons (Fsp3) is 0.381. The molecule has 4 rings (SSSR count). The van der Waals surface area contributed by atoms with Gasteiger partial charge in [-0.3, -0.25) is 14.6 Å². The van der Waals surface area contributed by atoms with Crippen LogP contribution in [0.4, 0.5) is 11.4 Å². The summed E-state index contributed by atoms with van der Waals surface area (Å²) >= 11 is 0. The normalized spacial score (nSPS) is 16.9. The largest absolute Gasteiger partial charge is 0.368 e. The molecule has 2 amide bonds. The number of hydrogen-bond donors (Lipinski definition) is 0. The third-order valence-electron chi connectivity index (χ3n) is 5.41. The van der Waals surface area contributed by atoms with Crippen molar-refractivity contribution in [2.45, 2.75) is 19.8 Å². The third kappa shape index (κ3) is 3.52. The Morgan fingerprint density at radius 2 is 1.78 bits per heavy atom. The highest BCUT2D eigenvalue weighted by Crippen LogP contribution is 2.28. The predicted molar refractivity (Wildman–Crippen MR) is 105 cm³/mol. The van der Waals surface area contributed by atoms with Gasteiger partial charge in [0.25, 0.3) is 5.91 Å². The lowest BCUT2D eigenvalue weighted by Gasteiger charge is -2.35. The van der Waals surface area contributed by atoms with Crippen LogP contribution in [-0.4, -0.2) is 54.4 Å². The number of pyridine rings is 1. The minimum absolute atomic E-state index is 0.0497. The minimum Gasteiger partial charge on any atom is -0.368 e. The van der Waals surface area contributed by atoms with Gasteiger partial charge in [0.2, 0.25) is 5.91 Å². The van der Waals surface area contributed by atoms with Crippen molar-refractivity contribution in [3.8, 4) is 0 Å². The smallest absolute Gasteiger partial charge is 0.276 e. The highest BCUT2D eigenvalue weighted by molar-refractivity contribution is 6.05. The number of amides is 2. The summed E-state index contributed by atoms with van der Waals surface area (Å²) in [5, 5.41) is 0. The first kappa shape index (κ1) is 17.5. The van der Waals surface area contributed by atoms with Gasteiger partial charge in [-0.25, -0.2) is 0 Å². The maximum Gasteiger partial charge on any atom is 0.276 e. The Hall–Kier alpha value is -2.89. The number of aromatic nitrogens is 1. The fourth-order valence-corrected chi connectivity index (χ4v) is 3.90. The number of benzene rings is 1. The molecule has 6 heteroatoms. The first-order chi connectivity index (χ1) is 13.1. The number of anilines is 2. The van der Waals surface area contributed by atoms with Gasteiger partial charge in [0.05, 0.1) is 0 Å². The van der Waals surface area contributed by atoms with Crippen molar-refractivity contribution in [2.75, 3.05) is 42.5 Å². The summed E-state index contributed by atoms with van der Waals surface area (Å²) < 4.78 is 0. The van der Waals surface area contributed by atoms with Gasteiger partial charge in [-0.05, 0) is 36.6 Å². The van der Waals surface area contributed by atoms with E-state index in [9.17, 15) is 9.59 Å². The van der Waals surface area contributed by atoms with Gasteiger partial charge in [-0.2, -0.15) is 0 Å². The van der Waals surface area contributed by atoms with E-state index in [0.717, 1.165) is 43.9 Å². The molecule has 2 aromatic rings. The minimum atomic E-state index is -0.0497. The van der Waals surface area contributed by atoms with Crippen LogP contribution in [0.1, 0.15) is 29.4 Å². The van der Waals surface area contributed by atoms with Crippen molar-refractivity contribution in [3.63, 3.8) is 0 Å². The van der Waals surface area contributed by atoms with Crippen molar-refractivity contribution in [3.05, 3.63) is 53.9 Å². The van der Waals surface area contributed by atoms with Crippen molar-refractivity contribution in [2.24, 2.45) is 0 Å². The van der Waals surface area contributed by atoms with Crippen LogP contribution in [-0.2, 0) is 11.2 Å². The second kappa shape index (κ2) is 7.39. The Morgan fingerprint density at radius 1 is 1.00 bits per heavy atom. The quantitative estimate of drug-likeness (QED) is 0.821. The molecule has 0 radical (unpaired) electrons. The average Bonchev–Trinajstić information content (AvgIpc) is 2.73. The first-order valence-electron chi connectivity index (χ1n) is 9.50. The van der Waals surface area contributed by atoms with E-state index in [-0.39, 0.29) is 11.8 Å². The van der Waals surface area contributed by atoms with Gasteiger partial charge in [0.15, 0.2) is 0 Å². The number of para-hydroxylation sites is 1. The van der Waals surface area contributed by atoms with Gasteiger partial charge in [0, 0.05) is 57.2 Å². The molecule has 3 heterocycles. The van der Waals surface area contributed by atoms with E-state index in [1.807, 2.05) is 40.1 Å². The molecule has 0 N–H and O–H groups in total. The van der Waals surface area contributed by atoms with Crippen LogP contribution in [0.5, 0.6) is 0 Å². The predicted octanol–water partition coefficient (Wildman–Crippen LogP) is 2.34. The Labute approximate surface area is 159 Å².